The summed E-state index contributed by atoms with van der Waals surface area (Å²) in [5.74, 6) is 0.545. The lowest BCUT2D eigenvalue weighted by Gasteiger charge is -2.08. The Labute approximate surface area is 72.4 Å². The molecule has 1 atom stereocenters. The van der Waals surface area contributed by atoms with E-state index in [4.69, 9.17) is 0 Å². The Kier molecular flexibility index (Phi) is 1.90. The molecule has 2 rings (SSSR count). The van der Waals surface area contributed by atoms with Gasteiger partial charge in [0.05, 0.1) is 11.4 Å². The van der Waals surface area contributed by atoms with Gasteiger partial charge in [0, 0.05) is 18.3 Å². The molecular formula is C10H12N2. The summed E-state index contributed by atoms with van der Waals surface area (Å²) in [5, 5.41) is 0. The molecule has 12 heavy (non-hydrogen) atoms. The molecule has 0 spiro atoms. The van der Waals surface area contributed by atoms with Crippen LogP contribution in [0, 0.1) is 0 Å². The molecule has 62 valence electrons. The summed E-state index contributed by atoms with van der Waals surface area (Å²) in [6, 6.07) is 3.97. The van der Waals surface area contributed by atoms with E-state index in [0.717, 1.165) is 24.2 Å². The lowest BCUT2D eigenvalue weighted by Crippen LogP contribution is -1.94. The van der Waals surface area contributed by atoms with Crippen LogP contribution in [0.2, 0.25) is 0 Å². The van der Waals surface area contributed by atoms with Crippen molar-refractivity contribution in [3.05, 3.63) is 24.0 Å². The van der Waals surface area contributed by atoms with Crippen LogP contribution >= 0.6 is 0 Å². The van der Waals surface area contributed by atoms with Crippen molar-refractivity contribution in [2.24, 2.45) is 4.99 Å². The summed E-state index contributed by atoms with van der Waals surface area (Å²) < 4.78 is 0. The minimum Gasteiger partial charge on any atom is -0.259 e. The van der Waals surface area contributed by atoms with Crippen molar-refractivity contribution in [2.75, 3.05) is 0 Å². The van der Waals surface area contributed by atoms with E-state index in [1.54, 1.807) is 0 Å². The second-order valence-electron chi connectivity index (χ2n) is 3.20. The molecule has 1 aliphatic rings. The Morgan fingerprint density at radius 3 is 3.33 bits per heavy atom. The standard InChI is InChI=1S/C10H12N2/c1-8-4-2-6-11-9-5-3-7-12-10(8)9/h3,5-8H,2,4H2,1H3. The van der Waals surface area contributed by atoms with Crippen LogP contribution in [0.15, 0.2) is 23.3 Å². The van der Waals surface area contributed by atoms with E-state index in [1.807, 2.05) is 24.5 Å². The Morgan fingerprint density at radius 2 is 2.42 bits per heavy atom. The van der Waals surface area contributed by atoms with Gasteiger partial charge in [-0.05, 0) is 25.0 Å². The fourth-order valence-corrected chi connectivity index (χ4v) is 1.52. The number of pyridine rings is 1. The van der Waals surface area contributed by atoms with Crippen LogP contribution in [0.25, 0.3) is 0 Å². The molecule has 1 aromatic rings. The minimum atomic E-state index is 0.545. The average molecular weight is 160 g/mol. The summed E-state index contributed by atoms with van der Waals surface area (Å²) >= 11 is 0. The highest BCUT2D eigenvalue weighted by Gasteiger charge is 2.12. The predicted octanol–water partition coefficient (Wildman–Crippen LogP) is 2.68. The number of fused-ring (bicyclic) bond motifs is 1. The molecule has 0 N–H and O–H groups in total. The Morgan fingerprint density at radius 1 is 1.50 bits per heavy atom. The monoisotopic (exact) mass is 160 g/mol. The largest absolute Gasteiger partial charge is 0.259 e. The smallest absolute Gasteiger partial charge is 0.0843 e. The first-order valence-corrected chi connectivity index (χ1v) is 4.35. The van der Waals surface area contributed by atoms with E-state index in [0.29, 0.717) is 5.92 Å². The summed E-state index contributed by atoms with van der Waals surface area (Å²) in [6.45, 7) is 2.21. The number of aliphatic imine (C=N–C) groups is 1. The third kappa shape index (κ3) is 1.24. The molecule has 0 aliphatic carbocycles. The normalized spacial score (nSPS) is 21.6. The van der Waals surface area contributed by atoms with Crippen molar-refractivity contribution in [1.82, 2.24) is 4.98 Å². The van der Waals surface area contributed by atoms with Crippen molar-refractivity contribution >= 4 is 11.9 Å². The maximum Gasteiger partial charge on any atom is 0.0843 e. The number of aromatic nitrogens is 1. The molecule has 0 fully saturated rings. The zero-order valence-electron chi connectivity index (χ0n) is 7.20. The molecule has 0 aromatic carbocycles. The topological polar surface area (TPSA) is 25.2 Å². The Balaban J connectivity index is 2.49. The number of hydrogen-bond donors (Lipinski definition) is 0. The maximum absolute atomic E-state index is 4.35. The average Bonchev–Trinajstić information content (AvgIpc) is 2.29. The molecule has 2 nitrogen and oxygen atoms in total. The highest BCUT2D eigenvalue weighted by molar-refractivity contribution is 5.65. The quantitative estimate of drug-likeness (QED) is 0.572. The van der Waals surface area contributed by atoms with Crippen LogP contribution in [0.1, 0.15) is 31.4 Å². The van der Waals surface area contributed by atoms with E-state index in [9.17, 15) is 0 Å². The summed E-state index contributed by atoms with van der Waals surface area (Å²) in [6.07, 6.45) is 6.06. The van der Waals surface area contributed by atoms with Crippen molar-refractivity contribution in [2.45, 2.75) is 25.7 Å². The second-order valence-corrected chi connectivity index (χ2v) is 3.20. The Bertz CT molecular complexity index is 304. The minimum absolute atomic E-state index is 0.545. The highest BCUT2D eigenvalue weighted by atomic mass is 14.8. The molecule has 2 heterocycles. The van der Waals surface area contributed by atoms with Gasteiger partial charge >= 0.3 is 0 Å². The van der Waals surface area contributed by atoms with Crippen LogP contribution < -0.4 is 0 Å². The van der Waals surface area contributed by atoms with E-state index >= 15 is 0 Å². The molecule has 1 aliphatic heterocycles. The van der Waals surface area contributed by atoms with Crippen LogP contribution in [0.5, 0.6) is 0 Å². The first-order chi connectivity index (χ1) is 5.88. The van der Waals surface area contributed by atoms with Crippen molar-refractivity contribution < 1.29 is 0 Å². The van der Waals surface area contributed by atoms with Crippen molar-refractivity contribution in [3.8, 4) is 0 Å². The fourth-order valence-electron chi connectivity index (χ4n) is 1.52. The van der Waals surface area contributed by atoms with Gasteiger partial charge in [0.25, 0.3) is 0 Å². The van der Waals surface area contributed by atoms with E-state index in [-0.39, 0.29) is 0 Å². The molecule has 2 heteroatoms. The molecule has 0 saturated heterocycles. The third-order valence-electron chi connectivity index (χ3n) is 2.24. The van der Waals surface area contributed by atoms with E-state index in [1.165, 1.54) is 0 Å². The van der Waals surface area contributed by atoms with Gasteiger partial charge < -0.3 is 0 Å². The second kappa shape index (κ2) is 3.05. The summed E-state index contributed by atoms with van der Waals surface area (Å²) in [7, 11) is 0. The summed E-state index contributed by atoms with van der Waals surface area (Å²) in [5.41, 5.74) is 2.19. The predicted molar refractivity (Wildman–Crippen MR) is 50.0 cm³/mol. The van der Waals surface area contributed by atoms with Gasteiger partial charge in [-0.25, -0.2) is 0 Å². The van der Waals surface area contributed by atoms with Gasteiger partial charge in [-0.3, -0.25) is 9.98 Å². The molecule has 0 bridgehead atoms. The van der Waals surface area contributed by atoms with Crippen molar-refractivity contribution in [3.63, 3.8) is 0 Å². The lowest BCUT2D eigenvalue weighted by molar-refractivity contribution is 0.693. The number of nitrogens with zero attached hydrogens (tertiary/aromatic N) is 2. The fraction of sp³-hybridized carbons (Fsp3) is 0.400. The zero-order chi connectivity index (χ0) is 8.39. The maximum atomic E-state index is 4.35. The van der Waals surface area contributed by atoms with Crippen LogP contribution in [-0.4, -0.2) is 11.2 Å². The Hall–Kier alpha value is -1.18. The van der Waals surface area contributed by atoms with E-state index < -0.39 is 0 Å². The van der Waals surface area contributed by atoms with E-state index in [2.05, 4.69) is 16.9 Å². The molecule has 1 aromatic heterocycles. The lowest BCUT2D eigenvalue weighted by atomic mass is 10.0. The molecular weight excluding hydrogens is 148 g/mol. The molecule has 0 amide bonds. The first kappa shape index (κ1) is 7.47. The molecule has 1 unspecified atom stereocenters. The van der Waals surface area contributed by atoms with Crippen LogP contribution in [0.3, 0.4) is 0 Å². The number of rotatable bonds is 0. The van der Waals surface area contributed by atoms with Gasteiger partial charge in [0.15, 0.2) is 0 Å². The van der Waals surface area contributed by atoms with Gasteiger partial charge in [-0.15, -0.1) is 0 Å². The van der Waals surface area contributed by atoms with Gasteiger partial charge in [-0.2, -0.15) is 0 Å². The van der Waals surface area contributed by atoms with Crippen molar-refractivity contribution in [1.29, 1.82) is 0 Å². The highest BCUT2D eigenvalue weighted by Crippen LogP contribution is 2.29. The van der Waals surface area contributed by atoms with Gasteiger partial charge in [0.1, 0.15) is 0 Å². The van der Waals surface area contributed by atoms with Crippen LogP contribution in [-0.2, 0) is 0 Å². The molecule has 0 radical (unpaired) electrons. The molecule has 0 saturated carbocycles. The van der Waals surface area contributed by atoms with Gasteiger partial charge in [0.2, 0.25) is 0 Å². The summed E-state index contributed by atoms with van der Waals surface area (Å²) in [4.78, 5) is 8.70. The van der Waals surface area contributed by atoms with Gasteiger partial charge in [-0.1, -0.05) is 6.92 Å². The SMILES string of the molecule is CC1CCC=Nc2cccnc21. The zero-order valence-corrected chi connectivity index (χ0v) is 7.20. The third-order valence-corrected chi connectivity index (χ3v) is 2.24. The van der Waals surface area contributed by atoms with Crippen LogP contribution in [0.4, 0.5) is 5.69 Å². The first-order valence-electron chi connectivity index (χ1n) is 4.35. The number of hydrogen-bond acceptors (Lipinski definition) is 2.